The highest BCUT2D eigenvalue weighted by atomic mass is 32.2. The van der Waals surface area contributed by atoms with Crippen molar-refractivity contribution in [2.24, 2.45) is 7.05 Å². The quantitative estimate of drug-likeness (QED) is 0.485. The standard InChI is InChI=1S/C10H11N5O4S/c1-14-6-5-9(12-14)13-20(18,19)8-4-2-3-7(11)10(8)15(16)17/h2-6H,11H2,1H3,(H,12,13). The first-order valence-electron chi connectivity index (χ1n) is 5.36. The van der Waals surface area contributed by atoms with E-state index in [4.69, 9.17) is 5.73 Å². The zero-order valence-corrected chi connectivity index (χ0v) is 11.2. The van der Waals surface area contributed by atoms with Crippen LogP contribution in [0.1, 0.15) is 0 Å². The summed E-state index contributed by atoms with van der Waals surface area (Å²) in [5, 5.41) is 14.8. The minimum atomic E-state index is -4.15. The summed E-state index contributed by atoms with van der Waals surface area (Å²) in [6.45, 7) is 0. The molecule has 0 fully saturated rings. The van der Waals surface area contributed by atoms with Crippen molar-refractivity contribution in [3.8, 4) is 0 Å². The fraction of sp³-hybridized carbons (Fsp3) is 0.100. The van der Waals surface area contributed by atoms with E-state index in [9.17, 15) is 18.5 Å². The van der Waals surface area contributed by atoms with Crippen molar-refractivity contribution >= 4 is 27.2 Å². The fourth-order valence-electron chi connectivity index (χ4n) is 1.61. The van der Waals surface area contributed by atoms with Crippen LogP contribution in [0.3, 0.4) is 0 Å². The molecule has 0 aliphatic heterocycles. The van der Waals surface area contributed by atoms with Gasteiger partial charge in [0.05, 0.1) is 4.92 Å². The number of nitro groups is 1. The number of anilines is 2. The van der Waals surface area contributed by atoms with Gasteiger partial charge in [0.15, 0.2) is 10.7 Å². The maximum Gasteiger partial charge on any atom is 0.312 e. The van der Waals surface area contributed by atoms with Gasteiger partial charge in [-0.25, -0.2) is 8.42 Å². The summed E-state index contributed by atoms with van der Waals surface area (Å²) < 4.78 is 27.9. The maximum atomic E-state index is 12.2. The number of nitro benzene ring substituents is 1. The molecule has 0 saturated heterocycles. The van der Waals surface area contributed by atoms with Crippen LogP contribution in [-0.4, -0.2) is 23.1 Å². The second kappa shape index (κ2) is 4.81. The molecule has 0 unspecified atom stereocenters. The monoisotopic (exact) mass is 297 g/mol. The summed E-state index contributed by atoms with van der Waals surface area (Å²) in [4.78, 5) is 9.62. The van der Waals surface area contributed by atoms with Gasteiger partial charge >= 0.3 is 5.69 Å². The number of aromatic nitrogens is 2. The normalized spacial score (nSPS) is 11.2. The Labute approximate surface area is 114 Å². The topological polar surface area (TPSA) is 133 Å². The summed E-state index contributed by atoms with van der Waals surface area (Å²) in [7, 11) is -2.53. The number of benzene rings is 1. The van der Waals surface area contributed by atoms with Gasteiger partial charge < -0.3 is 5.73 Å². The van der Waals surface area contributed by atoms with E-state index in [2.05, 4.69) is 9.82 Å². The Morgan fingerprint density at radius 3 is 2.65 bits per heavy atom. The Hall–Kier alpha value is -2.62. The molecule has 1 heterocycles. The van der Waals surface area contributed by atoms with Gasteiger partial charge in [-0.2, -0.15) is 5.10 Å². The van der Waals surface area contributed by atoms with E-state index in [-0.39, 0.29) is 11.5 Å². The van der Waals surface area contributed by atoms with Crippen LogP contribution in [0.4, 0.5) is 17.2 Å². The Bertz CT molecular complexity index is 768. The van der Waals surface area contributed by atoms with E-state index >= 15 is 0 Å². The Morgan fingerprint density at radius 1 is 1.40 bits per heavy atom. The van der Waals surface area contributed by atoms with E-state index in [1.807, 2.05) is 0 Å². The van der Waals surface area contributed by atoms with Crippen LogP contribution < -0.4 is 10.5 Å². The molecule has 1 aromatic heterocycles. The number of aryl methyl sites for hydroxylation is 1. The third kappa shape index (κ3) is 2.54. The minimum Gasteiger partial charge on any atom is -0.393 e. The van der Waals surface area contributed by atoms with Crippen LogP contribution in [0, 0.1) is 10.1 Å². The van der Waals surface area contributed by atoms with Crippen molar-refractivity contribution in [3.05, 3.63) is 40.6 Å². The zero-order valence-electron chi connectivity index (χ0n) is 10.3. The summed E-state index contributed by atoms with van der Waals surface area (Å²) >= 11 is 0. The van der Waals surface area contributed by atoms with Crippen LogP contribution in [0.25, 0.3) is 0 Å². The smallest absolute Gasteiger partial charge is 0.312 e. The number of nitrogen functional groups attached to an aromatic ring is 1. The Kier molecular flexibility index (Phi) is 3.32. The largest absolute Gasteiger partial charge is 0.393 e. The van der Waals surface area contributed by atoms with Crippen molar-refractivity contribution in [3.63, 3.8) is 0 Å². The average molecular weight is 297 g/mol. The molecule has 3 N–H and O–H groups in total. The Balaban J connectivity index is 2.50. The highest BCUT2D eigenvalue weighted by Crippen LogP contribution is 2.30. The number of hydrogen-bond donors (Lipinski definition) is 2. The number of nitrogens with one attached hydrogen (secondary N) is 1. The number of sulfonamides is 1. The molecule has 2 aromatic rings. The van der Waals surface area contributed by atoms with Crippen molar-refractivity contribution in [2.45, 2.75) is 4.90 Å². The van der Waals surface area contributed by atoms with Gasteiger partial charge in [-0.15, -0.1) is 0 Å². The predicted molar refractivity (Wildman–Crippen MR) is 71.5 cm³/mol. The lowest BCUT2D eigenvalue weighted by Crippen LogP contribution is -2.16. The third-order valence-electron chi connectivity index (χ3n) is 2.45. The van der Waals surface area contributed by atoms with Crippen molar-refractivity contribution < 1.29 is 13.3 Å². The molecule has 0 amide bonds. The van der Waals surface area contributed by atoms with Crippen LogP contribution in [0.2, 0.25) is 0 Å². The first-order chi connectivity index (χ1) is 9.31. The van der Waals surface area contributed by atoms with Crippen LogP contribution in [-0.2, 0) is 17.1 Å². The highest BCUT2D eigenvalue weighted by molar-refractivity contribution is 7.92. The van der Waals surface area contributed by atoms with Gasteiger partial charge in [0.2, 0.25) is 0 Å². The summed E-state index contributed by atoms with van der Waals surface area (Å²) in [5.41, 5.74) is 4.58. The lowest BCUT2D eigenvalue weighted by molar-refractivity contribution is -0.386. The Morgan fingerprint density at radius 2 is 2.10 bits per heavy atom. The molecule has 0 bridgehead atoms. The number of rotatable bonds is 4. The predicted octanol–water partition coefficient (Wildman–Crippen LogP) is 0.711. The molecule has 0 saturated carbocycles. The molecule has 0 spiro atoms. The molecule has 9 nitrogen and oxygen atoms in total. The van der Waals surface area contributed by atoms with E-state index in [0.717, 1.165) is 6.07 Å². The molecule has 2 rings (SSSR count). The second-order valence-electron chi connectivity index (χ2n) is 3.93. The third-order valence-corrected chi connectivity index (χ3v) is 3.84. The molecule has 0 atom stereocenters. The second-order valence-corrected chi connectivity index (χ2v) is 5.58. The van der Waals surface area contributed by atoms with Crippen LogP contribution in [0.15, 0.2) is 35.4 Å². The molecular formula is C10H11N5O4S. The SMILES string of the molecule is Cn1ccc(NS(=O)(=O)c2cccc(N)c2[N+](=O)[O-])n1. The summed E-state index contributed by atoms with van der Waals surface area (Å²) in [5.74, 6) is 0.0595. The van der Waals surface area contributed by atoms with Crippen LogP contribution >= 0.6 is 0 Å². The number of nitrogens with zero attached hydrogens (tertiary/aromatic N) is 3. The highest BCUT2D eigenvalue weighted by Gasteiger charge is 2.28. The van der Waals surface area contributed by atoms with E-state index in [1.165, 1.54) is 29.1 Å². The van der Waals surface area contributed by atoms with Gasteiger partial charge in [-0.1, -0.05) is 6.07 Å². The fourth-order valence-corrected chi connectivity index (χ4v) is 2.81. The molecule has 1 aromatic carbocycles. The number of para-hydroxylation sites is 1. The van der Waals surface area contributed by atoms with Gasteiger partial charge in [0.25, 0.3) is 10.0 Å². The summed E-state index contributed by atoms with van der Waals surface area (Å²) in [6.07, 6.45) is 1.53. The number of hydrogen-bond acceptors (Lipinski definition) is 6. The summed E-state index contributed by atoms with van der Waals surface area (Å²) in [6, 6.07) is 5.13. The first-order valence-corrected chi connectivity index (χ1v) is 6.85. The maximum absolute atomic E-state index is 12.2. The molecule has 0 aliphatic rings. The van der Waals surface area contributed by atoms with E-state index in [1.54, 1.807) is 7.05 Å². The van der Waals surface area contributed by atoms with Gasteiger partial charge in [-0.05, 0) is 12.1 Å². The molecule has 106 valence electrons. The lowest BCUT2D eigenvalue weighted by Gasteiger charge is -2.07. The molecule has 0 aliphatic carbocycles. The van der Waals surface area contributed by atoms with Crippen molar-refractivity contribution in [1.82, 2.24) is 9.78 Å². The van der Waals surface area contributed by atoms with Crippen molar-refractivity contribution in [2.75, 3.05) is 10.5 Å². The molecular weight excluding hydrogens is 286 g/mol. The lowest BCUT2D eigenvalue weighted by atomic mass is 10.3. The minimum absolute atomic E-state index is 0.0595. The zero-order chi connectivity index (χ0) is 14.9. The average Bonchev–Trinajstić information content (AvgIpc) is 2.73. The molecule has 10 heteroatoms. The molecule has 0 radical (unpaired) electrons. The molecule has 20 heavy (non-hydrogen) atoms. The van der Waals surface area contributed by atoms with E-state index in [0.29, 0.717) is 0 Å². The van der Waals surface area contributed by atoms with Gasteiger partial charge in [-0.3, -0.25) is 19.5 Å². The van der Waals surface area contributed by atoms with Crippen LogP contribution in [0.5, 0.6) is 0 Å². The van der Waals surface area contributed by atoms with E-state index < -0.39 is 25.5 Å². The number of nitrogens with two attached hydrogens (primary N) is 1. The first kappa shape index (κ1) is 13.8. The van der Waals surface area contributed by atoms with Gasteiger partial charge in [0, 0.05) is 19.3 Å². The van der Waals surface area contributed by atoms with Gasteiger partial charge in [0.1, 0.15) is 5.69 Å². The van der Waals surface area contributed by atoms with Crippen molar-refractivity contribution in [1.29, 1.82) is 0 Å².